The second-order valence-electron chi connectivity index (χ2n) is 3.30. The number of rotatable bonds is 1. The first-order valence-electron chi connectivity index (χ1n) is 4.66. The maximum absolute atomic E-state index is 5.09. The molecule has 0 aliphatic carbocycles. The smallest absolute Gasteiger partial charge is 0.127 e. The minimum absolute atomic E-state index is 0.943. The first-order chi connectivity index (χ1) is 6.95. The monoisotopic (exact) mass is 189 g/mol. The van der Waals surface area contributed by atoms with Crippen LogP contribution in [0.25, 0.3) is 0 Å². The fourth-order valence-electron chi connectivity index (χ4n) is 1.82. The van der Waals surface area contributed by atoms with Crippen LogP contribution in [-0.2, 0) is 0 Å². The second kappa shape index (κ2) is 2.83. The number of hydrogen-bond acceptors (Lipinski definition) is 3. The SMILES string of the molecule is c1cc2c([nH]1)NCCN2c1ccoc1. The van der Waals surface area contributed by atoms with Gasteiger partial charge in [-0.2, -0.15) is 0 Å². The summed E-state index contributed by atoms with van der Waals surface area (Å²) in [5.74, 6) is 1.08. The minimum Gasteiger partial charge on any atom is -0.470 e. The van der Waals surface area contributed by atoms with Crippen LogP contribution in [0.2, 0.25) is 0 Å². The summed E-state index contributed by atoms with van der Waals surface area (Å²) in [5.41, 5.74) is 2.28. The van der Waals surface area contributed by atoms with E-state index in [4.69, 9.17) is 4.42 Å². The Bertz CT molecular complexity index is 418. The maximum atomic E-state index is 5.09. The molecule has 0 aromatic carbocycles. The highest BCUT2D eigenvalue weighted by molar-refractivity contribution is 5.75. The highest BCUT2D eigenvalue weighted by Crippen LogP contribution is 2.33. The van der Waals surface area contributed by atoms with Crippen LogP contribution in [0.15, 0.2) is 35.3 Å². The van der Waals surface area contributed by atoms with Crippen molar-refractivity contribution in [2.45, 2.75) is 0 Å². The molecular weight excluding hydrogens is 178 g/mol. The van der Waals surface area contributed by atoms with Crippen molar-refractivity contribution in [2.24, 2.45) is 0 Å². The zero-order valence-corrected chi connectivity index (χ0v) is 7.66. The Kier molecular flexibility index (Phi) is 1.53. The lowest BCUT2D eigenvalue weighted by Gasteiger charge is -2.28. The third kappa shape index (κ3) is 1.00. The van der Waals surface area contributed by atoms with Crippen LogP contribution in [-0.4, -0.2) is 18.1 Å². The van der Waals surface area contributed by atoms with Crippen LogP contribution in [0.1, 0.15) is 0 Å². The van der Waals surface area contributed by atoms with Gasteiger partial charge >= 0.3 is 0 Å². The summed E-state index contributed by atoms with van der Waals surface area (Å²) in [6, 6.07) is 4.04. The Balaban J connectivity index is 2.04. The van der Waals surface area contributed by atoms with Crippen LogP contribution in [0, 0.1) is 0 Å². The summed E-state index contributed by atoms with van der Waals surface area (Å²) < 4.78 is 5.09. The quantitative estimate of drug-likeness (QED) is 0.722. The molecule has 72 valence electrons. The summed E-state index contributed by atoms with van der Waals surface area (Å²) in [7, 11) is 0. The third-order valence-corrected chi connectivity index (χ3v) is 2.47. The second-order valence-corrected chi connectivity index (χ2v) is 3.30. The number of anilines is 3. The van der Waals surface area contributed by atoms with Crippen LogP contribution in [0.3, 0.4) is 0 Å². The molecule has 2 aromatic heterocycles. The van der Waals surface area contributed by atoms with Crippen LogP contribution in [0.4, 0.5) is 17.2 Å². The molecule has 0 bridgehead atoms. The minimum atomic E-state index is 0.943. The number of furan rings is 1. The van der Waals surface area contributed by atoms with Gasteiger partial charge in [0.1, 0.15) is 12.1 Å². The zero-order chi connectivity index (χ0) is 9.38. The van der Waals surface area contributed by atoms with Gasteiger partial charge in [-0.1, -0.05) is 0 Å². The molecule has 0 unspecified atom stereocenters. The molecule has 2 N–H and O–H groups in total. The Morgan fingerprint density at radius 2 is 2.36 bits per heavy atom. The number of hydrogen-bond donors (Lipinski definition) is 2. The summed E-state index contributed by atoms with van der Waals surface area (Å²) in [6.45, 7) is 1.91. The van der Waals surface area contributed by atoms with Crippen molar-refractivity contribution in [2.75, 3.05) is 23.3 Å². The number of aromatic nitrogens is 1. The van der Waals surface area contributed by atoms with Crippen molar-refractivity contribution >= 4 is 17.2 Å². The van der Waals surface area contributed by atoms with E-state index in [1.54, 1.807) is 12.5 Å². The van der Waals surface area contributed by atoms with Crippen molar-refractivity contribution < 1.29 is 4.42 Å². The maximum Gasteiger partial charge on any atom is 0.127 e. The summed E-state index contributed by atoms with van der Waals surface area (Å²) in [5, 5.41) is 3.31. The molecule has 0 fully saturated rings. The molecule has 0 radical (unpaired) electrons. The molecule has 14 heavy (non-hydrogen) atoms. The molecule has 4 heteroatoms. The predicted octanol–water partition coefficient (Wildman–Crippen LogP) is 2.17. The largest absolute Gasteiger partial charge is 0.470 e. The lowest BCUT2D eigenvalue weighted by molar-refractivity contribution is 0.567. The molecule has 4 nitrogen and oxygen atoms in total. The molecule has 2 aromatic rings. The molecule has 0 saturated carbocycles. The van der Waals surface area contributed by atoms with Gasteiger partial charge in [0.2, 0.25) is 0 Å². The van der Waals surface area contributed by atoms with E-state index in [1.165, 1.54) is 5.69 Å². The molecule has 1 aliphatic rings. The molecular formula is C10H11N3O. The molecule has 0 saturated heterocycles. The van der Waals surface area contributed by atoms with Gasteiger partial charge in [0.25, 0.3) is 0 Å². The highest BCUT2D eigenvalue weighted by Gasteiger charge is 2.18. The van der Waals surface area contributed by atoms with Gasteiger partial charge in [0, 0.05) is 25.4 Å². The van der Waals surface area contributed by atoms with Crippen LogP contribution in [0.5, 0.6) is 0 Å². The first kappa shape index (κ1) is 7.55. The lowest BCUT2D eigenvalue weighted by Crippen LogP contribution is -2.29. The Hall–Kier alpha value is -1.84. The van der Waals surface area contributed by atoms with Crippen LogP contribution < -0.4 is 10.2 Å². The van der Waals surface area contributed by atoms with Crippen molar-refractivity contribution in [3.05, 3.63) is 30.9 Å². The van der Waals surface area contributed by atoms with E-state index in [2.05, 4.69) is 21.3 Å². The molecule has 1 aliphatic heterocycles. The average molecular weight is 189 g/mol. The van der Waals surface area contributed by atoms with Gasteiger partial charge in [-0.05, 0) is 6.07 Å². The van der Waals surface area contributed by atoms with E-state index in [1.807, 2.05) is 12.3 Å². The van der Waals surface area contributed by atoms with Crippen molar-refractivity contribution in [1.29, 1.82) is 0 Å². The van der Waals surface area contributed by atoms with Crippen LogP contribution >= 0.6 is 0 Å². The number of H-pyrrole nitrogens is 1. The highest BCUT2D eigenvalue weighted by atomic mass is 16.3. The summed E-state index contributed by atoms with van der Waals surface area (Å²) in [6.07, 6.45) is 5.40. The van der Waals surface area contributed by atoms with E-state index in [9.17, 15) is 0 Å². The average Bonchev–Trinajstić information content (AvgIpc) is 2.88. The van der Waals surface area contributed by atoms with E-state index in [0.29, 0.717) is 0 Å². The number of fused-ring (bicyclic) bond motifs is 1. The molecule has 0 atom stereocenters. The van der Waals surface area contributed by atoms with Gasteiger partial charge in [0.15, 0.2) is 0 Å². The van der Waals surface area contributed by atoms with Crippen molar-refractivity contribution in [3.8, 4) is 0 Å². The van der Waals surface area contributed by atoms with Gasteiger partial charge in [0.05, 0.1) is 17.6 Å². The van der Waals surface area contributed by atoms with Gasteiger partial charge in [-0.25, -0.2) is 0 Å². The fraction of sp³-hybridized carbons (Fsp3) is 0.200. The van der Waals surface area contributed by atoms with E-state index >= 15 is 0 Å². The van der Waals surface area contributed by atoms with E-state index < -0.39 is 0 Å². The fourth-order valence-corrected chi connectivity index (χ4v) is 1.82. The third-order valence-electron chi connectivity index (χ3n) is 2.47. The Labute approximate surface area is 81.5 Å². The summed E-state index contributed by atoms with van der Waals surface area (Å²) >= 11 is 0. The normalized spacial score (nSPS) is 15.0. The molecule has 3 rings (SSSR count). The van der Waals surface area contributed by atoms with Gasteiger partial charge < -0.3 is 19.6 Å². The first-order valence-corrected chi connectivity index (χ1v) is 4.66. The van der Waals surface area contributed by atoms with Crippen molar-refractivity contribution in [3.63, 3.8) is 0 Å². The van der Waals surface area contributed by atoms with Crippen molar-refractivity contribution in [1.82, 2.24) is 4.98 Å². The zero-order valence-electron chi connectivity index (χ0n) is 7.66. The Morgan fingerprint density at radius 1 is 1.36 bits per heavy atom. The summed E-state index contributed by atoms with van der Waals surface area (Å²) in [4.78, 5) is 5.39. The Morgan fingerprint density at radius 3 is 3.21 bits per heavy atom. The number of nitrogens with one attached hydrogen (secondary N) is 2. The molecule has 3 heterocycles. The topological polar surface area (TPSA) is 44.2 Å². The molecule has 0 spiro atoms. The number of nitrogens with zero attached hydrogens (tertiary/aromatic N) is 1. The lowest BCUT2D eigenvalue weighted by atomic mass is 10.3. The van der Waals surface area contributed by atoms with Gasteiger partial charge in [-0.3, -0.25) is 0 Å². The standard InChI is InChI=1S/C10H11N3O/c1-3-11-10-9(1)13(5-4-12-10)8-2-6-14-7-8/h1-3,6-7,11-12H,4-5H2. The van der Waals surface area contributed by atoms with E-state index in [-0.39, 0.29) is 0 Å². The number of aromatic amines is 1. The molecule has 0 amide bonds. The predicted molar refractivity (Wildman–Crippen MR) is 55.0 cm³/mol. The van der Waals surface area contributed by atoms with E-state index in [0.717, 1.165) is 24.6 Å². The van der Waals surface area contributed by atoms with Gasteiger partial charge in [-0.15, -0.1) is 0 Å².